The molecule has 0 aliphatic carbocycles. The summed E-state index contributed by atoms with van der Waals surface area (Å²) in [7, 11) is 2.33. The molecule has 18 heavy (non-hydrogen) atoms. The van der Waals surface area contributed by atoms with E-state index in [0.29, 0.717) is 0 Å². The summed E-state index contributed by atoms with van der Waals surface area (Å²) in [5.41, 5.74) is 3.03. The summed E-state index contributed by atoms with van der Waals surface area (Å²) in [6.07, 6.45) is 8.45. The highest BCUT2D eigenvalue weighted by molar-refractivity contribution is 5.25. The van der Waals surface area contributed by atoms with E-state index in [9.17, 15) is 0 Å². The van der Waals surface area contributed by atoms with Crippen LogP contribution in [0.5, 0.6) is 0 Å². The van der Waals surface area contributed by atoms with Crippen molar-refractivity contribution in [2.45, 2.75) is 57.5 Å². The van der Waals surface area contributed by atoms with E-state index >= 15 is 0 Å². The van der Waals surface area contributed by atoms with Crippen LogP contribution in [0.2, 0.25) is 0 Å². The number of hydrogen-bond donors (Lipinski definition) is 0. The predicted octanol–water partition coefficient (Wildman–Crippen LogP) is 3.80. The van der Waals surface area contributed by atoms with Crippen molar-refractivity contribution >= 4 is 0 Å². The third-order valence-electron chi connectivity index (χ3n) is 5.28. The summed E-state index contributed by atoms with van der Waals surface area (Å²) in [5, 5.41) is 0. The Morgan fingerprint density at radius 2 is 1.78 bits per heavy atom. The third-order valence-corrected chi connectivity index (χ3v) is 5.28. The second-order valence-corrected chi connectivity index (χ2v) is 6.35. The summed E-state index contributed by atoms with van der Waals surface area (Å²) in [6, 6.07) is 10.7. The van der Waals surface area contributed by atoms with Crippen molar-refractivity contribution in [2.24, 2.45) is 5.92 Å². The van der Waals surface area contributed by atoms with Crippen LogP contribution >= 0.6 is 0 Å². The molecule has 1 unspecified atom stereocenters. The van der Waals surface area contributed by atoms with E-state index in [1.54, 1.807) is 5.56 Å². The summed E-state index contributed by atoms with van der Waals surface area (Å²) >= 11 is 0. The van der Waals surface area contributed by atoms with Gasteiger partial charge >= 0.3 is 0 Å². The van der Waals surface area contributed by atoms with Gasteiger partial charge in [0, 0.05) is 12.1 Å². The molecule has 0 spiro atoms. The molecular formula is C17H25N. The number of piperidine rings is 1. The predicted molar refractivity (Wildman–Crippen MR) is 76.8 cm³/mol. The number of hydrogen-bond acceptors (Lipinski definition) is 1. The van der Waals surface area contributed by atoms with Gasteiger partial charge < -0.3 is 4.90 Å². The third kappa shape index (κ3) is 2.33. The maximum absolute atomic E-state index is 2.64. The first-order chi connectivity index (χ1) is 8.74. The number of rotatable bonds is 3. The minimum absolute atomic E-state index is 0.894. The molecule has 3 atom stereocenters. The van der Waals surface area contributed by atoms with Crippen LogP contribution in [-0.2, 0) is 6.42 Å². The molecule has 2 aliphatic heterocycles. The molecule has 2 aliphatic rings. The quantitative estimate of drug-likeness (QED) is 0.780. The summed E-state index contributed by atoms with van der Waals surface area (Å²) in [4.78, 5) is 2.64. The number of aryl methyl sites for hydroxylation is 2. The molecule has 1 aromatic rings. The van der Waals surface area contributed by atoms with Gasteiger partial charge in [0.05, 0.1) is 0 Å². The van der Waals surface area contributed by atoms with Gasteiger partial charge in [0.15, 0.2) is 0 Å². The fourth-order valence-corrected chi connectivity index (χ4v) is 4.01. The van der Waals surface area contributed by atoms with Crippen LogP contribution in [0.1, 0.15) is 43.2 Å². The Bertz CT molecular complexity index is 398. The van der Waals surface area contributed by atoms with Gasteiger partial charge in [-0.1, -0.05) is 24.3 Å². The molecule has 2 fully saturated rings. The van der Waals surface area contributed by atoms with Crippen molar-refractivity contribution in [3.05, 3.63) is 35.4 Å². The van der Waals surface area contributed by atoms with Gasteiger partial charge in [-0.15, -0.1) is 0 Å². The van der Waals surface area contributed by atoms with Crippen molar-refractivity contribution in [2.75, 3.05) is 7.05 Å². The van der Waals surface area contributed by atoms with E-state index in [1.165, 1.54) is 44.1 Å². The van der Waals surface area contributed by atoms with Gasteiger partial charge in [-0.3, -0.25) is 0 Å². The SMILES string of the molecule is Cc1ccccc1CCC1C[C@H]2CC[C@@H](C1)N2C. The second kappa shape index (κ2) is 5.05. The smallest absolute Gasteiger partial charge is 0.00983 e. The first-order valence-corrected chi connectivity index (χ1v) is 7.50. The van der Waals surface area contributed by atoms with Crippen molar-refractivity contribution in [1.82, 2.24) is 4.90 Å². The molecule has 0 aromatic heterocycles. The van der Waals surface area contributed by atoms with E-state index in [2.05, 4.69) is 43.1 Å². The highest BCUT2D eigenvalue weighted by Crippen LogP contribution is 2.39. The zero-order valence-corrected chi connectivity index (χ0v) is 11.7. The number of benzene rings is 1. The standard InChI is InChI=1S/C17H25N/c1-13-5-3-4-6-15(13)8-7-14-11-16-9-10-17(12-14)18(16)2/h3-6,14,16-17H,7-12H2,1-2H3/t14?,16-,17+. The Morgan fingerprint density at radius 3 is 2.44 bits per heavy atom. The molecule has 0 N–H and O–H groups in total. The lowest BCUT2D eigenvalue weighted by Gasteiger charge is -2.36. The molecule has 1 aromatic carbocycles. The van der Waals surface area contributed by atoms with E-state index in [0.717, 1.165) is 18.0 Å². The van der Waals surface area contributed by atoms with Crippen LogP contribution in [0, 0.1) is 12.8 Å². The van der Waals surface area contributed by atoms with Crippen molar-refractivity contribution < 1.29 is 0 Å². The fourth-order valence-electron chi connectivity index (χ4n) is 4.01. The molecular weight excluding hydrogens is 218 g/mol. The first-order valence-electron chi connectivity index (χ1n) is 7.50. The molecule has 2 bridgehead atoms. The maximum Gasteiger partial charge on any atom is 0.00983 e. The van der Waals surface area contributed by atoms with Crippen LogP contribution < -0.4 is 0 Å². The molecule has 0 saturated carbocycles. The first kappa shape index (κ1) is 12.2. The van der Waals surface area contributed by atoms with E-state index in [4.69, 9.17) is 0 Å². The van der Waals surface area contributed by atoms with Gasteiger partial charge in [0.1, 0.15) is 0 Å². The monoisotopic (exact) mass is 243 g/mol. The van der Waals surface area contributed by atoms with Crippen molar-refractivity contribution in [3.8, 4) is 0 Å². The van der Waals surface area contributed by atoms with Crippen LogP contribution in [0.3, 0.4) is 0 Å². The molecule has 0 amide bonds. The highest BCUT2D eigenvalue weighted by Gasteiger charge is 2.37. The molecule has 0 radical (unpaired) electrons. The minimum Gasteiger partial charge on any atom is -0.300 e. The normalized spacial score (nSPS) is 31.8. The van der Waals surface area contributed by atoms with Gasteiger partial charge in [-0.25, -0.2) is 0 Å². The average Bonchev–Trinajstić information content (AvgIpc) is 2.62. The largest absolute Gasteiger partial charge is 0.300 e. The van der Waals surface area contributed by atoms with Crippen LogP contribution in [0.15, 0.2) is 24.3 Å². The molecule has 1 heteroatoms. The van der Waals surface area contributed by atoms with Crippen LogP contribution in [-0.4, -0.2) is 24.0 Å². The van der Waals surface area contributed by atoms with Gasteiger partial charge in [-0.2, -0.15) is 0 Å². The molecule has 98 valence electrons. The Balaban J connectivity index is 1.57. The van der Waals surface area contributed by atoms with E-state index in [-0.39, 0.29) is 0 Å². The zero-order valence-electron chi connectivity index (χ0n) is 11.7. The Morgan fingerprint density at radius 1 is 1.11 bits per heavy atom. The van der Waals surface area contributed by atoms with Gasteiger partial charge in [0.2, 0.25) is 0 Å². The van der Waals surface area contributed by atoms with E-state index < -0.39 is 0 Å². The Labute approximate surface area is 111 Å². The summed E-state index contributed by atoms with van der Waals surface area (Å²) < 4.78 is 0. The lowest BCUT2D eigenvalue weighted by molar-refractivity contribution is 0.130. The number of fused-ring (bicyclic) bond motifs is 2. The highest BCUT2D eigenvalue weighted by atomic mass is 15.2. The summed E-state index contributed by atoms with van der Waals surface area (Å²) in [5.74, 6) is 0.971. The maximum atomic E-state index is 2.64. The van der Waals surface area contributed by atoms with Gasteiger partial charge in [-0.05, 0) is 69.5 Å². The topological polar surface area (TPSA) is 3.24 Å². The fraction of sp³-hybridized carbons (Fsp3) is 0.647. The van der Waals surface area contributed by atoms with Crippen LogP contribution in [0.25, 0.3) is 0 Å². The van der Waals surface area contributed by atoms with Crippen molar-refractivity contribution in [1.29, 1.82) is 0 Å². The Kier molecular flexibility index (Phi) is 3.43. The van der Waals surface area contributed by atoms with Crippen LogP contribution in [0.4, 0.5) is 0 Å². The molecule has 1 nitrogen and oxygen atoms in total. The molecule has 2 saturated heterocycles. The van der Waals surface area contributed by atoms with E-state index in [1.807, 2.05) is 0 Å². The zero-order chi connectivity index (χ0) is 12.5. The average molecular weight is 243 g/mol. The Hall–Kier alpha value is -0.820. The summed E-state index contributed by atoms with van der Waals surface area (Å²) in [6.45, 7) is 2.24. The minimum atomic E-state index is 0.894. The van der Waals surface area contributed by atoms with Gasteiger partial charge in [0.25, 0.3) is 0 Å². The molecule has 3 rings (SSSR count). The van der Waals surface area contributed by atoms with Crippen molar-refractivity contribution in [3.63, 3.8) is 0 Å². The molecule has 2 heterocycles. The lowest BCUT2D eigenvalue weighted by Crippen LogP contribution is -2.39. The lowest BCUT2D eigenvalue weighted by atomic mass is 9.86. The number of nitrogens with zero attached hydrogens (tertiary/aromatic N) is 1. The second-order valence-electron chi connectivity index (χ2n) is 6.35.